The van der Waals surface area contributed by atoms with Crippen molar-refractivity contribution in [1.29, 1.82) is 0 Å². The van der Waals surface area contributed by atoms with E-state index in [9.17, 15) is 4.79 Å². The number of carbonyl (C=O) groups is 1. The van der Waals surface area contributed by atoms with E-state index in [-0.39, 0.29) is 12.6 Å². The van der Waals surface area contributed by atoms with Crippen LogP contribution in [0.15, 0.2) is 48.5 Å². The zero-order chi connectivity index (χ0) is 21.8. The van der Waals surface area contributed by atoms with E-state index in [2.05, 4.69) is 77.9 Å². The zero-order valence-corrected chi connectivity index (χ0v) is 18.9. The number of amides is 1. The topological polar surface area (TPSA) is 70.4 Å². The summed E-state index contributed by atoms with van der Waals surface area (Å²) in [5, 5.41) is 6.33. The summed E-state index contributed by atoms with van der Waals surface area (Å²) < 4.78 is 0. The van der Waals surface area contributed by atoms with Gasteiger partial charge in [-0.3, -0.25) is 4.79 Å². The Balaban J connectivity index is 1.65. The molecule has 1 saturated carbocycles. The molecule has 1 amide bonds. The first-order valence-corrected chi connectivity index (χ1v) is 11.7. The Morgan fingerprint density at radius 2 is 1.74 bits per heavy atom. The molecule has 1 heterocycles. The number of benzene rings is 2. The Kier molecular flexibility index (Phi) is 6.63. The van der Waals surface area contributed by atoms with E-state index in [1.54, 1.807) is 0 Å². The number of nitrogens with two attached hydrogens (primary N) is 1. The van der Waals surface area contributed by atoms with E-state index >= 15 is 0 Å². The zero-order valence-electron chi connectivity index (χ0n) is 18.9. The third-order valence-electron chi connectivity index (χ3n) is 6.99. The van der Waals surface area contributed by atoms with Gasteiger partial charge >= 0.3 is 0 Å². The number of hydrogen-bond acceptors (Lipinski definition) is 4. The molecule has 2 aromatic rings. The molecular weight excluding hydrogens is 384 g/mol. The number of nitrogens with zero attached hydrogens (tertiary/aromatic N) is 1. The van der Waals surface area contributed by atoms with Crippen molar-refractivity contribution < 1.29 is 4.79 Å². The lowest BCUT2D eigenvalue weighted by molar-refractivity contribution is -0.129. The normalized spacial score (nSPS) is 26.5. The maximum absolute atomic E-state index is 13.3. The number of hydrogen-bond donors (Lipinski definition) is 3. The van der Waals surface area contributed by atoms with Crippen LogP contribution in [0.3, 0.4) is 0 Å². The molecule has 5 nitrogen and oxygen atoms in total. The summed E-state index contributed by atoms with van der Waals surface area (Å²) in [5.41, 5.74) is 9.93. The summed E-state index contributed by atoms with van der Waals surface area (Å²) in [7, 11) is 0. The molecule has 0 radical (unpaired) electrons. The van der Waals surface area contributed by atoms with Gasteiger partial charge in [-0.25, -0.2) is 0 Å². The van der Waals surface area contributed by atoms with Crippen LogP contribution >= 0.6 is 0 Å². The summed E-state index contributed by atoms with van der Waals surface area (Å²) in [4.78, 5) is 15.7. The molecule has 2 fully saturated rings. The Bertz CT molecular complexity index is 879. The second kappa shape index (κ2) is 9.41. The van der Waals surface area contributed by atoms with Gasteiger partial charge in [0.2, 0.25) is 5.91 Å². The summed E-state index contributed by atoms with van der Waals surface area (Å²) in [5.74, 6) is 1.09. The molecule has 2 unspecified atom stereocenters. The van der Waals surface area contributed by atoms with Gasteiger partial charge in [0.1, 0.15) is 0 Å². The number of carbonyl (C=O) groups excluding carboxylic acids is 1. The molecular formula is C26H36N4O. The van der Waals surface area contributed by atoms with E-state index in [1.165, 1.54) is 17.7 Å². The Labute approximate surface area is 186 Å². The van der Waals surface area contributed by atoms with Crippen molar-refractivity contribution >= 4 is 11.6 Å². The van der Waals surface area contributed by atoms with Gasteiger partial charge in [0.05, 0.1) is 12.1 Å². The molecule has 0 aromatic heterocycles. The Hall–Kier alpha value is -2.37. The highest BCUT2D eigenvalue weighted by atomic mass is 16.2. The van der Waals surface area contributed by atoms with Crippen molar-refractivity contribution in [2.75, 3.05) is 37.7 Å². The largest absolute Gasteiger partial charge is 0.369 e. The number of nitrogens with one attached hydrogen (secondary N) is 2. The summed E-state index contributed by atoms with van der Waals surface area (Å²) in [6, 6.07) is 17.4. The first-order valence-electron chi connectivity index (χ1n) is 11.7. The van der Waals surface area contributed by atoms with E-state index in [0.717, 1.165) is 50.1 Å². The SMILES string of the molecule is CC1CC(C)CC(C(=O)NCN)(c2cccc(-c3ccc(N4CCNCC4)cc3)c2)C1. The fourth-order valence-electron chi connectivity index (χ4n) is 5.72. The van der Waals surface area contributed by atoms with Gasteiger partial charge in [0, 0.05) is 31.9 Å². The number of anilines is 1. The van der Waals surface area contributed by atoms with Crippen molar-refractivity contribution in [3.63, 3.8) is 0 Å². The summed E-state index contributed by atoms with van der Waals surface area (Å²) in [6.07, 6.45) is 2.91. The quantitative estimate of drug-likeness (QED) is 0.648. The van der Waals surface area contributed by atoms with Gasteiger partial charge in [0.25, 0.3) is 0 Å². The molecule has 1 saturated heterocycles. The van der Waals surface area contributed by atoms with E-state index in [1.807, 2.05) is 0 Å². The minimum absolute atomic E-state index is 0.0691. The van der Waals surface area contributed by atoms with Crippen LogP contribution in [0.1, 0.15) is 38.7 Å². The minimum atomic E-state index is -0.507. The predicted octanol–water partition coefficient (Wildman–Crippen LogP) is 3.49. The van der Waals surface area contributed by atoms with Crippen LogP contribution in [-0.2, 0) is 10.2 Å². The first-order chi connectivity index (χ1) is 15.0. The highest BCUT2D eigenvalue weighted by Crippen LogP contribution is 2.45. The Morgan fingerprint density at radius 1 is 1.06 bits per heavy atom. The van der Waals surface area contributed by atoms with Crippen LogP contribution in [0.5, 0.6) is 0 Å². The van der Waals surface area contributed by atoms with Crippen LogP contribution in [0.2, 0.25) is 0 Å². The standard InChI is InChI=1S/C26H36N4O/c1-19-14-20(2)17-26(16-19,25(31)29-18-27)23-5-3-4-22(15-23)21-6-8-24(9-7-21)30-12-10-28-11-13-30/h3-9,15,19-20,28H,10-14,16-18,27H2,1-2H3,(H,29,31). The molecule has 1 aliphatic heterocycles. The van der Waals surface area contributed by atoms with Crippen LogP contribution in [0, 0.1) is 11.8 Å². The van der Waals surface area contributed by atoms with Crippen LogP contribution in [0.4, 0.5) is 5.69 Å². The average Bonchev–Trinajstić information content (AvgIpc) is 2.79. The van der Waals surface area contributed by atoms with Crippen molar-refractivity contribution in [2.45, 2.75) is 38.5 Å². The highest BCUT2D eigenvalue weighted by molar-refractivity contribution is 5.89. The predicted molar refractivity (Wildman–Crippen MR) is 128 cm³/mol. The molecule has 166 valence electrons. The lowest BCUT2D eigenvalue weighted by Gasteiger charge is -2.42. The monoisotopic (exact) mass is 420 g/mol. The lowest BCUT2D eigenvalue weighted by Crippen LogP contribution is -2.50. The van der Waals surface area contributed by atoms with Crippen LogP contribution in [-0.4, -0.2) is 38.8 Å². The van der Waals surface area contributed by atoms with Gasteiger partial charge in [-0.05, 0) is 59.9 Å². The maximum atomic E-state index is 13.3. The van der Waals surface area contributed by atoms with E-state index < -0.39 is 5.41 Å². The molecule has 0 spiro atoms. The lowest BCUT2D eigenvalue weighted by atomic mass is 9.62. The van der Waals surface area contributed by atoms with Gasteiger partial charge in [-0.15, -0.1) is 0 Å². The van der Waals surface area contributed by atoms with Crippen LogP contribution < -0.4 is 21.3 Å². The summed E-state index contributed by atoms with van der Waals surface area (Å²) >= 11 is 0. The molecule has 4 rings (SSSR count). The average molecular weight is 421 g/mol. The fraction of sp³-hybridized carbons (Fsp3) is 0.500. The molecule has 2 aliphatic rings. The van der Waals surface area contributed by atoms with E-state index in [4.69, 9.17) is 5.73 Å². The van der Waals surface area contributed by atoms with Crippen LogP contribution in [0.25, 0.3) is 11.1 Å². The highest BCUT2D eigenvalue weighted by Gasteiger charge is 2.45. The molecule has 31 heavy (non-hydrogen) atoms. The molecule has 2 atom stereocenters. The first kappa shape index (κ1) is 21.8. The van der Waals surface area contributed by atoms with Gasteiger partial charge in [-0.2, -0.15) is 0 Å². The molecule has 0 bridgehead atoms. The maximum Gasteiger partial charge on any atom is 0.231 e. The van der Waals surface area contributed by atoms with Gasteiger partial charge in [-0.1, -0.05) is 50.2 Å². The van der Waals surface area contributed by atoms with Gasteiger partial charge < -0.3 is 21.3 Å². The fourth-order valence-corrected chi connectivity index (χ4v) is 5.72. The molecule has 4 N–H and O–H groups in total. The third-order valence-corrected chi connectivity index (χ3v) is 6.99. The van der Waals surface area contributed by atoms with Crippen molar-refractivity contribution in [3.05, 3.63) is 54.1 Å². The number of rotatable bonds is 5. The second-order valence-corrected chi connectivity index (χ2v) is 9.51. The van der Waals surface area contributed by atoms with Gasteiger partial charge in [0.15, 0.2) is 0 Å². The second-order valence-electron chi connectivity index (χ2n) is 9.51. The smallest absolute Gasteiger partial charge is 0.231 e. The Morgan fingerprint density at radius 3 is 2.39 bits per heavy atom. The van der Waals surface area contributed by atoms with Crippen molar-refractivity contribution in [1.82, 2.24) is 10.6 Å². The number of piperazine rings is 1. The third kappa shape index (κ3) is 4.63. The minimum Gasteiger partial charge on any atom is -0.369 e. The molecule has 5 heteroatoms. The van der Waals surface area contributed by atoms with E-state index in [0.29, 0.717) is 11.8 Å². The molecule has 2 aromatic carbocycles. The van der Waals surface area contributed by atoms with Crippen molar-refractivity contribution in [2.24, 2.45) is 17.6 Å². The van der Waals surface area contributed by atoms with Crippen molar-refractivity contribution in [3.8, 4) is 11.1 Å². The molecule has 1 aliphatic carbocycles. The summed E-state index contributed by atoms with van der Waals surface area (Å²) in [6.45, 7) is 8.86.